The van der Waals surface area contributed by atoms with Crippen molar-refractivity contribution >= 4 is 21.6 Å². The van der Waals surface area contributed by atoms with Gasteiger partial charge in [-0.3, -0.25) is 9.80 Å². The van der Waals surface area contributed by atoms with Crippen LogP contribution in [0.5, 0.6) is 5.75 Å². The van der Waals surface area contributed by atoms with Crippen LogP contribution in [0.4, 0.5) is 13.2 Å². The number of fused-ring (bicyclic) bond motifs is 1. The molecule has 0 saturated carbocycles. The zero-order valence-corrected chi connectivity index (χ0v) is 20.9. The topological polar surface area (TPSA) is 87.8 Å². The molecule has 0 spiro atoms. The number of ether oxygens (including phenoxy) is 1. The van der Waals surface area contributed by atoms with E-state index in [4.69, 9.17) is 9.26 Å². The highest BCUT2D eigenvalue weighted by atomic mass is 32.1. The minimum atomic E-state index is -4.43. The highest BCUT2D eigenvalue weighted by molar-refractivity contribution is 7.18. The number of aryl methyl sites for hydroxylation is 1. The molecule has 1 aliphatic rings. The van der Waals surface area contributed by atoms with Crippen molar-refractivity contribution < 1.29 is 27.5 Å². The minimum absolute atomic E-state index is 0.131. The summed E-state index contributed by atoms with van der Waals surface area (Å²) < 4.78 is 51.1. The van der Waals surface area contributed by atoms with E-state index < -0.39 is 17.8 Å². The number of rotatable bonds is 8. The normalized spacial score (nSPS) is 16.4. The number of β-amino-alcohol motifs (C(OH)–C–C–N with tert-alkyl or cyclic N) is 1. The summed E-state index contributed by atoms with van der Waals surface area (Å²) in [6.07, 6.45) is -5.07. The second-order valence-electron chi connectivity index (χ2n) is 8.99. The Morgan fingerprint density at radius 3 is 2.65 bits per heavy atom. The number of aliphatic hydroxyl groups is 1. The first-order chi connectivity index (χ1) is 17.7. The third kappa shape index (κ3) is 6.45. The molecule has 3 heterocycles. The monoisotopic (exact) mass is 533 g/mol. The van der Waals surface area contributed by atoms with E-state index in [2.05, 4.69) is 24.9 Å². The molecule has 196 valence electrons. The van der Waals surface area contributed by atoms with E-state index in [-0.39, 0.29) is 18.0 Å². The third-order valence-electron chi connectivity index (χ3n) is 6.12. The van der Waals surface area contributed by atoms with Gasteiger partial charge in [0.05, 0.1) is 27.3 Å². The molecule has 0 bridgehead atoms. The van der Waals surface area contributed by atoms with Crippen LogP contribution in [-0.2, 0) is 12.7 Å². The van der Waals surface area contributed by atoms with Gasteiger partial charge in [-0.2, -0.15) is 18.2 Å². The van der Waals surface area contributed by atoms with Gasteiger partial charge in [-0.15, -0.1) is 11.3 Å². The van der Waals surface area contributed by atoms with Gasteiger partial charge in [0.2, 0.25) is 11.7 Å². The van der Waals surface area contributed by atoms with Gasteiger partial charge in [-0.25, -0.2) is 4.98 Å². The summed E-state index contributed by atoms with van der Waals surface area (Å²) in [5, 5.41) is 15.3. The van der Waals surface area contributed by atoms with E-state index in [0.717, 1.165) is 53.5 Å². The Labute approximate surface area is 215 Å². The molecule has 1 fully saturated rings. The number of piperazine rings is 1. The highest BCUT2D eigenvalue weighted by Gasteiger charge is 2.31. The first-order valence-corrected chi connectivity index (χ1v) is 12.7. The van der Waals surface area contributed by atoms with E-state index >= 15 is 0 Å². The van der Waals surface area contributed by atoms with Gasteiger partial charge < -0.3 is 14.4 Å². The summed E-state index contributed by atoms with van der Waals surface area (Å²) >= 11 is 1.63. The van der Waals surface area contributed by atoms with Crippen molar-refractivity contribution in [2.24, 2.45) is 0 Å². The summed E-state index contributed by atoms with van der Waals surface area (Å²) in [6.45, 7) is 6.01. The lowest BCUT2D eigenvalue weighted by atomic mass is 10.1. The zero-order valence-electron chi connectivity index (χ0n) is 20.1. The second-order valence-corrected chi connectivity index (χ2v) is 10.2. The molecule has 5 rings (SSSR count). The molecule has 2 aromatic heterocycles. The van der Waals surface area contributed by atoms with Gasteiger partial charge in [0, 0.05) is 44.4 Å². The van der Waals surface area contributed by atoms with Crippen LogP contribution in [0, 0.1) is 6.92 Å². The number of aliphatic hydroxyl groups excluding tert-OH is 1. The molecule has 8 nitrogen and oxygen atoms in total. The van der Waals surface area contributed by atoms with Gasteiger partial charge in [-0.1, -0.05) is 17.3 Å². The molecule has 12 heteroatoms. The predicted octanol–water partition coefficient (Wildman–Crippen LogP) is 4.23. The van der Waals surface area contributed by atoms with Crippen molar-refractivity contribution in [2.75, 3.05) is 39.3 Å². The molecule has 0 aliphatic carbocycles. The smallest absolute Gasteiger partial charge is 0.416 e. The fourth-order valence-corrected chi connectivity index (χ4v) is 5.06. The van der Waals surface area contributed by atoms with Crippen molar-refractivity contribution in [3.8, 4) is 17.1 Å². The largest absolute Gasteiger partial charge is 0.491 e. The number of benzene rings is 2. The molecule has 0 unspecified atom stereocenters. The van der Waals surface area contributed by atoms with Crippen LogP contribution in [0.2, 0.25) is 0 Å². The maximum Gasteiger partial charge on any atom is 0.416 e. The molecule has 0 amide bonds. The maximum atomic E-state index is 13.0. The van der Waals surface area contributed by atoms with Crippen molar-refractivity contribution in [1.29, 1.82) is 0 Å². The van der Waals surface area contributed by atoms with E-state index in [1.54, 1.807) is 11.3 Å². The maximum absolute atomic E-state index is 13.0. The predicted molar refractivity (Wildman–Crippen MR) is 132 cm³/mol. The molecule has 0 radical (unpaired) electrons. The van der Waals surface area contributed by atoms with Crippen LogP contribution in [0.25, 0.3) is 21.6 Å². The first kappa shape index (κ1) is 25.6. The number of thiazole rings is 1. The van der Waals surface area contributed by atoms with Gasteiger partial charge in [0.25, 0.3) is 0 Å². The Bertz CT molecular complexity index is 1350. The fourth-order valence-electron chi connectivity index (χ4n) is 4.25. The fraction of sp³-hybridized carbons (Fsp3) is 0.400. The molecule has 4 aromatic rings. The van der Waals surface area contributed by atoms with Crippen LogP contribution in [0.3, 0.4) is 0 Å². The van der Waals surface area contributed by atoms with E-state index in [1.807, 2.05) is 25.1 Å². The molecule has 2 aromatic carbocycles. The molecule has 37 heavy (non-hydrogen) atoms. The summed E-state index contributed by atoms with van der Waals surface area (Å²) in [6, 6.07) is 10.6. The van der Waals surface area contributed by atoms with Crippen molar-refractivity contribution in [3.05, 3.63) is 58.9 Å². The number of nitrogens with zero attached hydrogens (tertiary/aromatic N) is 5. The Morgan fingerprint density at radius 2 is 1.86 bits per heavy atom. The summed E-state index contributed by atoms with van der Waals surface area (Å²) in [4.78, 5) is 13.0. The van der Waals surface area contributed by atoms with Crippen LogP contribution in [-0.4, -0.2) is 75.5 Å². The van der Waals surface area contributed by atoms with Gasteiger partial charge in [0.1, 0.15) is 18.5 Å². The second kappa shape index (κ2) is 10.7. The van der Waals surface area contributed by atoms with Crippen LogP contribution in [0.1, 0.15) is 16.5 Å². The molecule has 1 atom stereocenters. The summed E-state index contributed by atoms with van der Waals surface area (Å²) in [7, 11) is 0. The lowest BCUT2D eigenvalue weighted by molar-refractivity contribution is -0.137. The SMILES string of the molecule is Cc1nc2cc(OC[C@H](O)CN3CCN(Cc4nc(-c5cccc(C(F)(F)F)c5)no4)CC3)ccc2s1. The zero-order chi connectivity index (χ0) is 26.0. The summed E-state index contributed by atoms with van der Waals surface area (Å²) in [5.74, 6) is 1.17. The van der Waals surface area contributed by atoms with E-state index in [1.165, 1.54) is 12.1 Å². The number of halogens is 3. The number of aromatic nitrogens is 3. The van der Waals surface area contributed by atoms with Crippen LogP contribution in [0.15, 0.2) is 47.0 Å². The lowest BCUT2D eigenvalue weighted by Gasteiger charge is -2.34. The molecule has 1 N–H and O–H groups in total. The Balaban J connectivity index is 1.07. The average Bonchev–Trinajstić information content (AvgIpc) is 3.49. The average molecular weight is 534 g/mol. The quantitative estimate of drug-likeness (QED) is 0.360. The number of hydrogen-bond donors (Lipinski definition) is 1. The van der Waals surface area contributed by atoms with Crippen LogP contribution < -0.4 is 4.74 Å². The Morgan fingerprint density at radius 1 is 1.08 bits per heavy atom. The number of alkyl halides is 3. The van der Waals surface area contributed by atoms with Crippen molar-refractivity contribution in [3.63, 3.8) is 0 Å². The van der Waals surface area contributed by atoms with Crippen molar-refractivity contribution in [2.45, 2.75) is 25.7 Å². The Kier molecular flexibility index (Phi) is 7.43. The van der Waals surface area contributed by atoms with Gasteiger partial charge in [-0.05, 0) is 31.2 Å². The Hall–Kier alpha value is -3.06. The van der Waals surface area contributed by atoms with Crippen molar-refractivity contribution in [1.82, 2.24) is 24.9 Å². The molecule has 1 aliphatic heterocycles. The molecular weight excluding hydrogens is 507 g/mol. The molecule has 1 saturated heterocycles. The first-order valence-electron chi connectivity index (χ1n) is 11.9. The lowest BCUT2D eigenvalue weighted by Crippen LogP contribution is -2.48. The molecular formula is C25H26F3N5O3S. The van der Waals surface area contributed by atoms with Crippen LogP contribution >= 0.6 is 11.3 Å². The third-order valence-corrected chi connectivity index (χ3v) is 7.07. The number of hydrogen-bond acceptors (Lipinski definition) is 9. The standard InChI is InChI=1S/C25H26F3N5O3S/c1-16-29-21-12-20(5-6-22(21)37-16)35-15-19(34)13-32-7-9-33(10-8-32)14-23-30-24(31-36-23)17-3-2-4-18(11-17)25(26,27)28/h2-6,11-12,19,34H,7-10,13-15H2,1H3/t19-/m1/s1. The van der Waals surface area contributed by atoms with Gasteiger partial charge in [0.15, 0.2) is 0 Å². The van der Waals surface area contributed by atoms with E-state index in [9.17, 15) is 18.3 Å². The summed E-state index contributed by atoms with van der Waals surface area (Å²) in [5.41, 5.74) is 0.400. The van der Waals surface area contributed by atoms with E-state index in [0.29, 0.717) is 24.7 Å². The minimum Gasteiger partial charge on any atom is -0.491 e. The highest BCUT2D eigenvalue weighted by Crippen LogP contribution is 2.31. The van der Waals surface area contributed by atoms with Gasteiger partial charge >= 0.3 is 6.18 Å².